The van der Waals surface area contributed by atoms with Crippen LogP contribution in [0.15, 0.2) is 38.5 Å². The van der Waals surface area contributed by atoms with Gasteiger partial charge in [0.2, 0.25) is 11.8 Å². The highest BCUT2D eigenvalue weighted by atomic mass is 16.6. The lowest BCUT2D eigenvalue weighted by molar-refractivity contribution is -0.143. The normalized spacial score (nSPS) is 16.0. The number of fused-ring (bicyclic) bond motifs is 1. The maximum atomic E-state index is 14.3. The number of ketones is 1. The summed E-state index contributed by atoms with van der Waals surface area (Å²) in [5, 5.41) is 3.33. The third-order valence-electron chi connectivity index (χ3n) is 8.08. The van der Waals surface area contributed by atoms with Gasteiger partial charge in [-0.3, -0.25) is 19.4 Å². The van der Waals surface area contributed by atoms with Crippen LogP contribution in [0.5, 0.6) is 0 Å². The highest BCUT2D eigenvalue weighted by Gasteiger charge is 2.47. The van der Waals surface area contributed by atoms with E-state index >= 15 is 0 Å². The lowest BCUT2D eigenvalue weighted by atomic mass is 9.95. The second kappa shape index (κ2) is 16.4. The number of imide groups is 1. The van der Waals surface area contributed by atoms with Crippen LogP contribution in [0.1, 0.15) is 97.0 Å². The van der Waals surface area contributed by atoms with Crippen LogP contribution in [0, 0.1) is 12.8 Å². The summed E-state index contributed by atoms with van der Waals surface area (Å²) in [5.41, 5.74) is 8.59. The van der Waals surface area contributed by atoms with Crippen LogP contribution in [-0.4, -0.2) is 88.0 Å². The van der Waals surface area contributed by atoms with Gasteiger partial charge in [-0.05, 0) is 91.7 Å². The molecule has 1 saturated heterocycles. The maximum absolute atomic E-state index is 14.3. The Labute approximate surface area is 298 Å². The van der Waals surface area contributed by atoms with E-state index in [1.807, 2.05) is 0 Å². The molecular formula is C36H52N6O9. The second-order valence-corrected chi connectivity index (χ2v) is 15.0. The number of likely N-dealkylation sites (tertiary alicyclic amines) is 1. The molecule has 51 heavy (non-hydrogen) atoms. The Hall–Kier alpha value is -4.95. The molecule has 0 radical (unpaired) electrons. The van der Waals surface area contributed by atoms with Gasteiger partial charge in [-0.1, -0.05) is 32.0 Å². The van der Waals surface area contributed by atoms with E-state index in [0.29, 0.717) is 27.9 Å². The zero-order valence-electron chi connectivity index (χ0n) is 31.0. The zero-order chi connectivity index (χ0) is 38.4. The monoisotopic (exact) mass is 712 g/mol. The molecule has 3 rings (SSSR count). The summed E-state index contributed by atoms with van der Waals surface area (Å²) in [7, 11) is 0. The third-order valence-corrected chi connectivity index (χ3v) is 8.08. The number of para-hydroxylation sites is 1. The minimum atomic E-state index is -1.38. The summed E-state index contributed by atoms with van der Waals surface area (Å²) >= 11 is 0. The topological polar surface area (TPSA) is 217 Å². The van der Waals surface area contributed by atoms with Crippen LogP contribution in [-0.2, 0) is 19.1 Å². The van der Waals surface area contributed by atoms with Gasteiger partial charge in [0, 0.05) is 18.5 Å². The summed E-state index contributed by atoms with van der Waals surface area (Å²) < 4.78 is 16.5. The van der Waals surface area contributed by atoms with Gasteiger partial charge >= 0.3 is 17.8 Å². The molecular weight excluding hydrogens is 660 g/mol. The number of carbonyl (C=O) groups is 5. The highest BCUT2D eigenvalue weighted by molar-refractivity contribution is 6.06. The number of ether oxygens (including phenoxy) is 2. The Bertz CT molecular complexity index is 1690. The number of hydrogen-bond acceptors (Lipinski definition) is 10. The van der Waals surface area contributed by atoms with Crippen LogP contribution >= 0.6 is 0 Å². The van der Waals surface area contributed by atoms with Gasteiger partial charge in [-0.2, -0.15) is 4.90 Å². The van der Waals surface area contributed by atoms with Crippen molar-refractivity contribution in [2.75, 3.05) is 13.1 Å². The van der Waals surface area contributed by atoms with Crippen molar-refractivity contribution in [3.8, 4) is 0 Å². The molecule has 15 nitrogen and oxygen atoms in total. The van der Waals surface area contributed by atoms with Crippen molar-refractivity contribution in [1.29, 1.82) is 0 Å². The number of nitrogens with two attached hydrogens (primary N) is 2. The molecule has 3 atom stereocenters. The molecule has 15 heteroatoms. The van der Waals surface area contributed by atoms with E-state index in [2.05, 4.69) is 10.3 Å². The summed E-state index contributed by atoms with van der Waals surface area (Å²) in [6.07, 6.45) is -1.12. The zero-order valence-corrected chi connectivity index (χ0v) is 31.0. The number of hydrogen-bond donors (Lipinski definition) is 3. The molecule has 0 unspecified atom stereocenters. The number of guanidine groups is 1. The molecule has 1 aliphatic heterocycles. The highest BCUT2D eigenvalue weighted by Crippen LogP contribution is 2.27. The second-order valence-electron chi connectivity index (χ2n) is 15.0. The van der Waals surface area contributed by atoms with Crippen LogP contribution in [0.2, 0.25) is 0 Å². The van der Waals surface area contributed by atoms with E-state index < -0.39 is 70.7 Å². The number of aryl methyl sites for hydroxylation is 1. The van der Waals surface area contributed by atoms with Gasteiger partial charge in [0.05, 0.1) is 6.04 Å². The molecule has 5 N–H and O–H groups in total. The van der Waals surface area contributed by atoms with Crippen molar-refractivity contribution >= 4 is 46.7 Å². The first-order chi connectivity index (χ1) is 23.6. The van der Waals surface area contributed by atoms with Crippen LogP contribution in [0.4, 0.5) is 9.59 Å². The van der Waals surface area contributed by atoms with Crippen LogP contribution < -0.4 is 22.4 Å². The minimum Gasteiger partial charge on any atom is -0.443 e. The van der Waals surface area contributed by atoms with E-state index in [1.165, 1.54) is 4.90 Å². The summed E-state index contributed by atoms with van der Waals surface area (Å²) in [5.74, 6) is -2.73. The van der Waals surface area contributed by atoms with Crippen molar-refractivity contribution in [3.63, 3.8) is 0 Å². The van der Waals surface area contributed by atoms with Crippen LogP contribution in [0.25, 0.3) is 11.0 Å². The SMILES string of the molecule is Cc1c(C(=O)[C@H](CCCN=C(N)N)NC(=O)[C@@H]2CCCN2C(=O)[C@H](C(C)C)N(C(=O)OC(C)(C)C)C(=O)OC(C)(C)C)c(=O)oc2ccccc12. The fourth-order valence-electron chi connectivity index (χ4n) is 5.89. The molecule has 0 saturated carbocycles. The molecule has 2 aromatic rings. The molecule has 1 aliphatic rings. The van der Waals surface area contributed by atoms with Crippen LogP contribution in [0.3, 0.4) is 0 Å². The van der Waals surface area contributed by atoms with Gasteiger partial charge in [-0.15, -0.1) is 0 Å². The molecule has 0 spiro atoms. The van der Waals surface area contributed by atoms with Crippen molar-refractivity contribution in [2.45, 2.75) is 117 Å². The number of rotatable bonds is 11. The lowest BCUT2D eigenvalue weighted by Crippen LogP contribution is -2.60. The first kappa shape index (κ1) is 40.5. The summed E-state index contributed by atoms with van der Waals surface area (Å²) in [6.45, 7) is 15.0. The first-order valence-corrected chi connectivity index (χ1v) is 17.1. The van der Waals surface area contributed by atoms with Crippen molar-refractivity contribution in [3.05, 3.63) is 45.8 Å². The molecule has 4 amide bonds. The molecule has 1 aromatic heterocycles. The number of nitrogens with one attached hydrogen (secondary N) is 1. The van der Waals surface area contributed by atoms with E-state index in [1.54, 1.807) is 86.6 Å². The van der Waals surface area contributed by atoms with Crippen molar-refractivity contribution in [2.24, 2.45) is 22.4 Å². The quantitative estimate of drug-likeness (QED) is 0.0994. The lowest BCUT2D eigenvalue weighted by Gasteiger charge is -2.37. The fraction of sp³-hybridized carbons (Fsp3) is 0.583. The number of benzene rings is 1. The Morgan fingerprint density at radius 2 is 1.61 bits per heavy atom. The van der Waals surface area contributed by atoms with Gasteiger partial charge in [0.25, 0.3) is 0 Å². The molecule has 0 bridgehead atoms. The Morgan fingerprint density at radius 3 is 2.16 bits per heavy atom. The number of amides is 4. The van der Waals surface area contributed by atoms with Gasteiger partial charge in [-0.25, -0.2) is 14.4 Å². The standard InChI is InChI=1S/C36H52N6O9/c1-20(2)27(42(33(47)50-35(4,5)6)34(48)51-36(7,8)9)30(45)41-19-13-16-24(41)29(44)40-23(15-12-18-39-32(37)38)28(43)26-21(3)22-14-10-11-17-25(22)49-31(26)46/h10-11,14,17,20,23-24,27H,12-13,15-16,18-19H2,1-9H3,(H,40,44)(H4,37,38,39)/t23-,24-,27-/m0/s1. The summed E-state index contributed by atoms with van der Waals surface area (Å²) in [4.78, 5) is 88.4. The Balaban J connectivity index is 1.98. The molecule has 0 aliphatic carbocycles. The number of aliphatic imine (C=N–C) groups is 1. The Morgan fingerprint density at radius 1 is 1.02 bits per heavy atom. The average Bonchev–Trinajstić information content (AvgIpc) is 3.49. The van der Waals surface area contributed by atoms with E-state index in [9.17, 15) is 28.8 Å². The third kappa shape index (κ3) is 10.5. The fourth-order valence-corrected chi connectivity index (χ4v) is 5.89. The van der Waals surface area contributed by atoms with Gasteiger partial charge in [0.15, 0.2) is 11.7 Å². The van der Waals surface area contributed by atoms with Gasteiger partial charge in [0.1, 0.15) is 34.4 Å². The smallest absolute Gasteiger partial charge is 0.420 e. The maximum Gasteiger partial charge on any atom is 0.420 e. The first-order valence-electron chi connectivity index (χ1n) is 17.1. The van der Waals surface area contributed by atoms with Crippen molar-refractivity contribution in [1.82, 2.24) is 15.1 Å². The van der Waals surface area contributed by atoms with Crippen molar-refractivity contribution < 1.29 is 37.9 Å². The Kier molecular flexibility index (Phi) is 13.0. The summed E-state index contributed by atoms with van der Waals surface area (Å²) in [6, 6.07) is 3.16. The molecule has 280 valence electrons. The largest absolute Gasteiger partial charge is 0.443 e. The van der Waals surface area contributed by atoms with Gasteiger partial charge < -0.3 is 35.6 Å². The number of Topliss-reactive ketones (excluding diaryl/α,β-unsaturated/α-hetero) is 1. The average molecular weight is 713 g/mol. The predicted octanol–water partition coefficient (Wildman–Crippen LogP) is 4.01. The minimum absolute atomic E-state index is 0.0629. The molecule has 1 fully saturated rings. The van der Waals surface area contributed by atoms with E-state index in [-0.39, 0.29) is 43.9 Å². The van der Waals surface area contributed by atoms with E-state index in [0.717, 1.165) is 0 Å². The number of nitrogens with zero attached hydrogens (tertiary/aromatic N) is 3. The van der Waals surface area contributed by atoms with E-state index in [4.69, 9.17) is 25.4 Å². The predicted molar refractivity (Wildman–Crippen MR) is 191 cm³/mol. The molecule has 1 aromatic carbocycles. The number of carbonyl (C=O) groups excluding carboxylic acids is 5. The molecule has 2 heterocycles.